The molecule has 0 saturated carbocycles. The van der Waals surface area contributed by atoms with Crippen molar-refractivity contribution >= 4 is 29.2 Å². The third-order valence-corrected chi connectivity index (χ3v) is 11.5. The van der Waals surface area contributed by atoms with Crippen LogP contribution in [0.15, 0.2) is 42.7 Å². The summed E-state index contributed by atoms with van der Waals surface area (Å²) in [5, 5.41) is 49.3. The number of Topliss-reactive ketones (excluding diaryl/α,β-unsaturated/α-hetero) is 1. The fourth-order valence-electron chi connectivity index (χ4n) is 8.65. The lowest BCUT2D eigenvalue weighted by Crippen LogP contribution is -2.56. The van der Waals surface area contributed by atoms with E-state index in [1.54, 1.807) is 18.7 Å². The second-order valence-corrected chi connectivity index (χ2v) is 14.8. The smallest absolute Gasteiger partial charge is 0.252 e. The van der Waals surface area contributed by atoms with Gasteiger partial charge < -0.3 is 44.9 Å². The number of likely N-dealkylation sites (tertiary alicyclic amines) is 1. The first kappa shape index (κ1) is 38.1. The van der Waals surface area contributed by atoms with Crippen molar-refractivity contribution < 1.29 is 58.6 Å². The molecule has 3 aromatic rings. The molecule has 3 heterocycles. The average molecular weight is 758 g/mol. The first-order chi connectivity index (χ1) is 26.2. The Bertz CT molecular complexity index is 2090. The van der Waals surface area contributed by atoms with Crippen molar-refractivity contribution in [2.45, 2.75) is 95.2 Å². The summed E-state index contributed by atoms with van der Waals surface area (Å²) in [6.45, 7) is 4.80. The Morgan fingerprint density at radius 1 is 1.05 bits per heavy atom. The van der Waals surface area contributed by atoms with Crippen LogP contribution in [-0.2, 0) is 25.5 Å². The van der Waals surface area contributed by atoms with E-state index in [2.05, 4.69) is 10.3 Å². The van der Waals surface area contributed by atoms with Gasteiger partial charge in [0.1, 0.15) is 28.9 Å². The number of hydrogen-bond acceptors (Lipinski definition) is 13. The topological polar surface area (TPSA) is 222 Å². The van der Waals surface area contributed by atoms with Crippen LogP contribution < -0.4 is 10.1 Å². The summed E-state index contributed by atoms with van der Waals surface area (Å²) in [5.41, 5.74) is -3.02. The number of amides is 2. The molecule has 2 aromatic carbocycles. The Hall–Kier alpha value is -5.22. The number of phenolic OH excluding ortho intramolecular Hbond substituents is 2. The van der Waals surface area contributed by atoms with E-state index >= 15 is 0 Å². The number of benzene rings is 2. The van der Waals surface area contributed by atoms with Crippen LogP contribution >= 0.6 is 0 Å². The molecule has 2 fully saturated rings. The zero-order valence-corrected chi connectivity index (χ0v) is 30.8. The highest BCUT2D eigenvalue weighted by Gasteiger charge is 2.51. The number of hydrogen-bond donors (Lipinski definition) is 5. The van der Waals surface area contributed by atoms with Crippen molar-refractivity contribution in [3.05, 3.63) is 81.7 Å². The standard InChI is InChI=1S/C40H43N3O12/c1-18(42-38(50)21-10-12-41-13-11-21)39(51)43-14-6-8-25(43)23-15-28(54-19(2)33(23)45)55-27-17-40(52,20(3)44)16-24-30(27)37(49)32-31(35(24)47)34(46)22-7-5-9-26(53-4)29(22)36(32)48/h5,7,9-13,18-19,23,25,27-28,33,45,47,49,52H,6,8,14-17H2,1-4H3,(H,42,50)/t18?,19-,23-,25?,27-,28-,33+,40-/m0/s1. The fraction of sp³-hybridized carbons (Fsp3) is 0.450. The molecule has 8 atom stereocenters. The highest BCUT2D eigenvalue weighted by Crippen LogP contribution is 2.53. The first-order valence-electron chi connectivity index (χ1n) is 18.3. The van der Waals surface area contributed by atoms with Crippen LogP contribution in [0, 0.1) is 5.92 Å². The van der Waals surface area contributed by atoms with E-state index in [-0.39, 0.29) is 40.3 Å². The maximum absolute atomic E-state index is 14.0. The number of aliphatic hydroxyl groups excluding tert-OH is 1. The van der Waals surface area contributed by atoms with Crippen molar-refractivity contribution in [3.63, 3.8) is 0 Å². The van der Waals surface area contributed by atoms with Gasteiger partial charge in [0.05, 0.1) is 42.1 Å². The molecule has 0 bridgehead atoms. The van der Waals surface area contributed by atoms with Crippen molar-refractivity contribution in [1.29, 1.82) is 0 Å². The molecule has 2 unspecified atom stereocenters. The number of nitrogens with one attached hydrogen (secondary N) is 1. The maximum atomic E-state index is 14.0. The van der Waals surface area contributed by atoms with E-state index in [0.717, 1.165) is 0 Å². The number of aromatic nitrogens is 1. The van der Waals surface area contributed by atoms with Crippen LogP contribution in [0.25, 0.3) is 0 Å². The third kappa shape index (κ3) is 6.44. The average Bonchev–Trinajstić information content (AvgIpc) is 3.65. The van der Waals surface area contributed by atoms with Gasteiger partial charge in [0.2, 0.25) is 11.7 Å². The number of nitrogens with zero attached hydrogens (tertiary/aromatic N) is 2. The van der Waals surface area contributed by atoms with Crippen LogP contribution in [-0.4, -0.2) is 109 Å². The second-order valence-electron chi connectivity index (χ2n) is 14.8. The lowest BCUT2D eigenvalue weighted by Gasteiger charge is -2.45. The van der Waals surface area contributed by atoms with Gasteiger partial charge in [0.25, 0.3) is 5.91 Å². The molecule has 7 rings (SSSR count). The quantitative estimate of drug-likeness (QED) is 0.163. The molecule has 4 aliphatic rings. The van der Waals surface area contributed by atoms with Gasteiger partial charge >= 0.3 is 0 Å². The fourth-order valence-corrected chi connectivity index (χ4v) is 8.65. The van der Waals surface area contributed by atoms with Crippen LogP contribution in [0.1, 0.15) is 106 Å². The van der Waals surface area contributed by atoms with Gasteiger partial charge in [0, 0.05) is 72.4 Å². The second kappa shape index (κ2) is 14.5. The number of aromatic hydroxyl groups is 2. The Morgan fingerprint density at radius 3 is 2.45 bits per heavy atom. The predicted molar refractivity (Wildman–Crippen MR) is 192 cm³/mol. The van der Waals surface area contributed by atoms with Crippen LogP contribution in [0.2, 0.25) is 0 Å². The number of pyridine rings is 1. The molecule has 1 aromatic heterocycles. The lowest BCUT2D eigenvalue weighted by molar-refractivity contribution is -0.261. The van der Waals surface area contributed by atoms with Crippen molar-refractivity contribution in [2.24, 2.45) is 5.92 Å². The van der Waals surface area contributed by atoms with Crippen LogP contribution in [0.4, 0.5) is 0 Å². The summed E-state index contributed by atoms with van der Waals surface area (Å²) >= 11 is 0. The molecule has 2 saturated heterocycles. The number of carbonyl (C=O) groups is 5. The number of methoxy groups -OCH3 is 1. The van der Waals surface area contributed by atoms with Crippen LogP contribution in [0.5, 0.6) is 17.2 Å². The molecule has 15 nitrogen and oxygen atoms in total. The summed E-state index contributed by atoms with van der Waals surface area (Å²) in [6, 6.07) is 6.14. The van der Waals surface area contributed by atoms with E-state index in [9.17, 15) is 44.4 Å². The molecule has 5 N–H and O–H groups in total. The zero-order chi connectivity index (χ0) is 39.5. The largest absolute Gasteiger partial charge is 0.507 e. The van der Waals surface area contributed by atoms with Gasteiger partial charge in [-0.25, -0.2) is 0 Å². The molecule has 55 heavy (non-hydrogen) atoms. The van der Waals surface area contributed by atoms with E-state index in [4.69, 9.17) is 14.2 Å². The SMILES string of the molecule is COc1cccc2c1C(=O)c1c(O)c3c(c(O)c1C2=O)C[C@@](O)(C(C)=O)C[C@@H]3O[C@H]1C[C@@H](C2CCCN2C(=O)C(C)NC(=O)c2ccncc2)[C@H](O)[C@H](C)O1. The highest BCUT2D eigenvalue weighted by molar-refractivity contribution is 6.31. The Balaban J connectivity index is 1.19. The van der Waals surface area contributed by atoms with Gasteiger partial charge in [-0.15, -0.1) is 0 Å². The molecule has 2 aliphatic carbocycles. The predicted octanol–water partition coefficient (Wildman–Crippen LogP) is 2.52. The normalized spacial score (nSPS) is 27.8. The van der Waals surface area contributed by atoms with Crippen LogP contribution in [0.3, 0.4) is 0 Å². The number of aliphatic hydroxyl groups is 2. The van der Waals surface area contributed by atoms with Crippen molar-refractivity contribution in [1.82, 2.24) is 15.2 Å². The molecule has 2 aliphatic heterocycles. The van der Waals surface area contributed by atoms with Gasteiger partial charge in [-0.2, -0.15) is 0 Å². The van der Waals surface area contributed by atoms with E-state index in [1.807, 2.05) is 0 Å². The first-order valence-corrected chi connectivity index (χ1v) is 18.3. The minimum absolute atomic E-state index is 0.0434. The molecule has 290 valence electrons. The summed E-state index contributed by atoms with van der Waals surface area (Å²) in [4.78, 5) is 72.8. The van der Waals surface area contributed by atoms with Gasteiger partial charge in [-0.05, 0) is 51.8 Å². The number of ether oxygens (including phenoxy) is 3. The lowest BCUT2D eigenvalue weighted by atomic mass is 9.72. The molecule has 2 amide bonds. The van der Waals surface area contributed by atoms with Gasteiger partial charge in [0.15, 0.2) is 17.9 Å². The highest BCUT2D eigenvalue weighted by atomic mass is 16.7. The zero-order valence-electron chi connectivity index (χ0n) is 30.8. The molecular weight excluding hydrogens is 714 g/mol. The number of rotatable bonds is 8. The molecule has 0 radical (unpaired) electrons. The maximum Gasteiger partial charge on any atom is 0.252 e. The van der Waals surface area contributed by atoms with E-state index in [1.165, 1.54) is 56.8 Å². The van der Waals surface area contributed by atoms with E-state index in [0.29, 0.717) is 24.9 Å². The summed E-state index contributed by atoms with van der Waals surface area (Å²) in [5.74, 6) is -4.74. The number of ketones is 3. The van der Waals surface area contributed by atoms with Crippen molar-refractivity contribution in [3.8, 4) is 17.2 Å². The van der Waals surface area contributed by atoms with E-state index < -0.39 is 107 Å². The van der Waals surface area contributed by atoms with Gasteiger partial charge in [-0.3, -0.25) is 29.0 Å². The number of carbonyl (C=O) groups excluding carboxylic acids is 5. The van der Waals surface area contributed by atoms with Crippen molar-refractivity contribution in [2.75, 3.05) is 13.7 Å². The Kier molecular flexibility index (Phi) is 10.0. The Labute approximate surface area is 316 Å². The summed E-state index contributed by atoms with van der Waals surface area (Å²) < 4.78 is 17.9. The number of phenols is 2. The molecule has 0 spiro atoms. The summed E-state index contributed by atoms with van der Waals surface area (Å²) in [6.07, 6.45) is -0.978. The molecular formula is C40H43N3O12. The Morgan fingerprint density at radius 2 is 1.76 bits per heavy atom. The minimum atomic E-state index is -2.09. The number of fused-ring (bicyclic) bond motifs is 3. The van der Waals surface area contributed by atoms with Gasteiger partial charge in [-0.1, -0.05) is 12.1 Å². The third-order valence-electron chi connectivity index (χ3n) is 11.5. The monoisotopic (exact) mass is 757 g/mol. The molecule has 15 heteroatoms. The summed E-state index contributed by atoms with van der Waals surface area (Å²) in [7, 11) is 1.33. The minimum Gasteiger partial charge on any atom is -0.507 e.